The first-order chi connectivity index (χ1) is 11.6. The zero-order valence-electron chi connectivity index (χ0n) is 13.7. The van der Waals surface area contributed by atoms with Gasteiger partial charge in [0.05, 0.1) is 0 Å². The van der Waals surface area contributed by atoms with Gasteiger partial charge in [0.1, 0.15) is 12.6 Å². The number of amides is 2. The molecule has 24 heavy (non-hydrogen) atoms. The first-order valence-corrected chi connectivity index (χ1v) is 7.60. The molecule has 2 aromatic rings. The van der Waals surface area contributed by atoms with Gasteiger partial charge in [0, 0.05) is 24.2 Å². The molecule has 6 heteroatoms. The van der Waals surface area contributed by atoms with E-state index in [0.29, 0.717) is 5.69 Å². The summed E-state index contributed by atoms with van der Waals surface area (Å²) in [7, 11) is 1.47. The molecule has 0 fully saturated rings. The Bertz CT molecular complexity index is 672. The molecule has 0 heterocycles. The van der Waals surface area contributed by atoms with Crippen LogP contribution in [-0.4, -0.2) is 31.6 Å². The van der Waals surface area contributed by atoms with Crippen molar-refractivity contribution in [2.24, 2.45) is 0 Å². The van der Waals surface area contributed by atoms with Gasteiger partial charge in [-0.2, -0.15) is 0 Å². The van der Waals surface area contributed by atoms with E-state index in [-0.39, 0.29) is 18.4 Å². The van der Waals surface area contributed by atoms with E-state index in [2.05, 4.69) is 16.0 Å². The number of para-hydroxylation sites is 1. The maximum absolute atomic E-state index is 12.2. The van der Waals surface area contributed by atoms with Gasteiger partial charge in [-0.3, -0.25) is 9.59 Å². The molecule has 0 bridgehead atoms. The zero-order chi connectivity index (χ0) is 17.4. The van der Waals surface area contributed by atoms with E-state index in [1.165, 1.54) is 7.11 Å². The number of hydrogen-bond donors (Lipinski definition) is 3. The average molecular weight is 327 g/mol. The van der Waals surface area contributed by atoms with Gasteiger partial charge in [0.15, 0.2) is 0 Å². The van der Waals surface area contributed by atoms with Crippen LogP contribution in [0.3, 0.4) is 0 Å². The number of benzene rings is 2. The van der Waals surface area contributed by atoms with Crippen LogP contribution in [0.2, 0.25) is 0 Å². The van der Waals surface area contributed by atoms with Crippen LogP contribution in [0.1, 0.15) is 6.92 Å². The summed E-state index contributed by atoms with van der Waals surface area (Å²) in [6.07, 6.45) is 0. The second-order valence-corrected chi connectivity index (χ2v) is 5.28. The summed E-state index contributed by atoms with van der Waals surface area (Å²) < 4.78 is 4.76. The first-order valence-electron chi connectivity index (χ1n) is 7.60. The molecule has 0 aliphatic heterocycles. The van der Waals surface area contributed by atoms with Crippen LogP contribution in [0.15, 0.2) is 54.6 Å². The highest BCUT2D eigenvalue weighted by molar-refractivity contribution is 5.96. The van der Waals surface area contributed by atoms with Crippen molar-refractivity contribution in [1.82, 2.24) is 0 Å². The number of rotatable bonds is 7. The van der Waals surface area contributed by atoms with E-state index in [0.717, 1.165) is 11.4 Å². The Balaban J connectivity index is 1.88. The van der Waals surface area contributed by atoms with Crippen molar-refractivity contribution in [3.8, 4) is 0 Å². The molecule has 2 amide bonds. The van der Waals surface area contributed by atoms with Gasteiger partial charge in [-0.05, 0) is 43.3 Å². The SMILES string of the molecule is COCC(=O)Nc1ccc(NC(C)C(=O)Nc2ccccc2)cc1. The molecule has 0 aliphatic rings. The number of nitrogens with one attached hydrogen (secondary N) is 3. The Labute approximate surface area is 141 Å². The minimum Gasteiger partial charge on any atom is -0.375 e. The average Bonchev–Trinajstić information content (AvgIpc) is 2.57. The Morgan fingerprint density at radius 3 is 2.12 bits per heavy atom. The molecule has 0 spiro atoms. The van der Waals surface area contributed by atoms with Crippen molar-refractivity contribution in [3.63, 3.8) is 0 Å². The van der Waals surface area contributed by atoms with Crippen LogP contribution >= 0.6 is 0 Å². The highest BCUT2D eigenvalue weighted by Gasteiger charge is 2.12. The largest absolute Gasteiger partial charge is 0.375 e. The fraction of sp³-hybridized carbons (Fsp3) is 0.222. The van der Waals surface area contributed by atoms with Crippen LogP contribution in [0.5, 0.6) is 0 Å². The molecule has 3 N–H and O–H groups in total. The number of ether oxygens (including phenoxy) is 1. The van der Waals surface area contributed by atoms with Crippen LogP contribution in [0, 0.1) is 0 Å². The lowest BCUT2D eigenvalue weighted by Crippen LogP contribution is -2.31. The van der Waals surface area contributed by atoms with Crippen molar-refractivity contribution in [2.75, 3.05) is 29.7 Å². The third-order valence-corrected chi connectivity index (χ3v) is 3.26. The molecule has 1 unspecified atom stereocenters. The molecule has 1 atom stereocenters. The summed E-state index contributed by atoms with van der Waals surface area (Å²) in [6, 6.07) is 16.0. The van der Waals surface area contributed by atoms with Crippen LogP contribution < -0.4 is 16.0 Å². The maximum atomic E-state index is 12.2. The lowest BCUT2D eigenvalue weighted by Gasteiger charge is -2.15. The highest BCUT2D eigenvalue weighted by atomic mass is 16.5. The minimum atomic E-state index is -0.404. The number of carbonyl (C=O) groups is 2. The molecule has 6 nitrogen and oxygen atoms in total. The molecule has 126 valence electrons. The van der Waals surface area contributed by atoms with Gasteiger partial charge in [-0.1, -0.05) is 18.2 Å². The fourth-order valence-electron chi connectivity index (χ4n) is 2.07. The van der Waals surface area contributed by atoms with Gasteiger partial charge in [-0.15, -0.1) is 0 Å². The van der Waals surface area contributed by atoms with E-state index >= 15 is 0 Å². The summed E-state index contributed by atoms with van der Waals surface area (Å²) in [5, 5.41) is 8.67. The molecule has 0 radical (unpaired) electrons. The minimum absolute atomic E-state index is 0.0106. The molecule has 0 saturated carbocycles. The fourth-order valence-corrected chi connectivity index (χ4v) is 2.07. The maximum Gasteiger partial charge on any atom is 0.250 e. The summed E-state index contributed by atoms with van der Waals surface area (Å²) in [4.78, 5) is 23.6. The smallest absolute Gasteiger partial charge is 0.250 e. The Morgan fingerprint density at radius 2 is 1.50 bits per heavy atom. The summed E-state index contributed by atoms with van der Waals surface area (Å²) in [5.41, 5.74) is 2.21. The first kappa shape index (κ1) is 17.5. The van der Waals surface area contributed by atoms with Crippen molar-refractivity contribution in [3.05, 3.63) is 54.6 Å². The lowest BCUT2D eigenvalue weighted by molar-refractivity contribution is -0.119. The third-order valence-electron chi connectivity index (χ3n) is 3.26. The molecule has 0 aromatic heterocycles. The molecular weight excluding hydrogens is 306 g/mol. The third kappa shape index (κ3) is 5.40. The van der Waals surface area contributed by atoms with Gasteiger partial charge >= 0.3 is 0 Å². The van der Waals surface area contributed by atoms with Gasteiger partial charge in [0.2, 0.25) is 11.8 Å². The molecule has 0 saturated heterocycles. The predicted octanol–water partition coefficient (Wildman–Crippen LogP) is 2.71. The van der Waals surface area contributed by atoms with E-state index in [1.807, 2.05) is 30.3 Å². The van der Waals surface area contributed by atoms with E-state index < -0.39 is 6.04 Å². The summed E-state index contributed by atoms with van der Waals surface area (Å²) in [6.45, 7) is 1.79. The second-order valence-electron chi connectivity index (χ2n) is 5.28. The highest BCUT2D eigenvalue weighted by Crippen LogP contribution is 2.15. The van der Waals surface area contributed by atoms with Gasteiger partial charge in [-0.25, -0.2) is 0 Å². The van der Waals surface area contributed by atoms with Crippen molar-refractivity contribution in [1.29, 1.82) is 0 Å². The van der Waals surface area contributed by atoms with Crippen LogP contribution in [0.4, 0.5) is 17.1 Å². The normalized spacial score (nSPS) is 11.4. The van der Waals surface area contributed by atoms with Crippen LogP contribution in [-0.2, 0) is 14.3 Å². The monoisotopic (exact) mass is 327 g/mol. The van der Waals surface area contributed by atoms with Gasteiger partial charge in [0.25, 0.3) is 0 Å². The summed E-state index contributed by atoms with van der Waals surface area (Å²) >= 11 is 0. The predicted molar refractivity (Wildman–Crippen MR) is 95.1 cm³/mol. The molecular formula is C18H21N3O3. The Kier molecular flexibility index (Phi) is 6.33. The van der Waals surface area contributed by atoms with Crippen molar-refractivity contribution < 1.29 is 14.3 Å². The zero-order valence-corrected chi connectivity index (χ0v) is 13.7. The standard InChI is InChI=1S/C18H21N3O3/c1-13(18(23)21-14-6-4-3-5-7-14)19-15-8-10-16(11-9-15)20-17(22)12-24-2/h3-11,13,19H,12H2,1-2H3,(H,20,22)(H,21,23). The topological polar surface area (TPSA) is 79.5 Å². The Hall–Kier alpha value is -2.86. The molecule has 2 aromatic carbocycles. The lowest BCUT2D eigenvalue weighted by atomic mass is 10.2. The molecule has 0 aliphatic carbocycles. The quantitative estimate of drug-likeness (QED) is 0.730. The van der Waals surface area contributed by atoms with Crippen molar-refractivity contribution in [2.45, 2.75) is 13.0 Å². The van der Waals surface area contributed by atoms with E-state index in [9.17, 15) is 9.59 Å². The van der Waals surface area contributed by atoms with Crippen molar-refractivity contribution >= 4 is 28.9 Å². The van der Waals surface area contributed by atoms with E-state index in [4.69, 9.17) is 4.74 Å². The number of anilines is 3. The molecule has 2 rings (SSSR count). The van der Waals surface area contributed by atoms with E-state index in [1.54, 1.807) is 31.2 Å². The van der Waals surface area contributed by atoms with Gasteiger partial charge < -0.3 is 20.7 Å². The Morgan fingerprint density at radius 1 is 0.917 bits per heavy atom. The number of hydrogen-bond acceptors (Lipinski definition) is 4. The summed E-state index contributed by atoms with van der Waals surface area (Å²) in [5.74, 6) is -0.340. The number of methoxy groups -OCH3 is 1. The number of carbonyl (C=O) groups excluding carboxylic acids is 2. The second kappa shape index (κ2) is 8.69. The van der Waals surface area contributed by atoms with Crippen LogP contribution in [0.25, 0.3) is 0 Å².